The number of benzene rings is 1. The number of amides is 2. The number of H-pyrrole nitrogens is 1. The third-order valence-electron chi connectivity index (χ3n) is 5.78. The lowest BCUT2D eigenvalue weighted by molar-refractivity contribution is 0.158. The quantitative estimate of drug-likeness (QED) is 0.521. The highest BCUT2D eigenvalue weighted by Gasteiger charge is 2.62. The number of carbonyl (C=O) groups is 1. The standard InChI is InChI=1S/C18H21N7O/c19-17(26)25-16-18(8-2-1-3-13(18)22-23-16)14(24-25)11-4-6-12(7-5-11)15-20-9-10-21-15/h2,4-10,13-14,16,22-24H,1,3H2,(H2,19,26)(H,20,21). The molecule has 1 aromatic carbocycles. The van der Waals surface area contributed by atoms with Gasteiger partial charge in [0, 0.05) is 24.0 Å². The lowest BCUT2D eigenvalue weighted by atomic mass is 9.68. The van der Waals surface area contributed by atoms with Crippen LogP contribution in [0.25, 0.3) is 11.4 Å². The van der Waals surface area contributed by atoms with Crippen molar-refractivity contribution in [1.29, 1.82) is 0 Å². The number of rotatable bonds is 2. The summed E-state index contributed by atoms with van der Waals surface area (Å²) in [4.78, 5) is 19.4. The Labute approximate surface area is 150 Å². The zero-order chi connectivity index (χ0) is 17.7. The van der Waals surface area contributed by atoms with E-state index in [0.717, 1.165) is 29.8 Å². The van der Waals surface area contributed by atoms with Crippen molar-refractivity contribution in [3.05, 3.63) is 54.4 Å². The van der Waals surface area contributed by atoms with Crippen molar-refractivity contribution < 1.29 is 4.79 Å². The van der Waals surface area contributed by atoms with E-state index in [1.165, 1.54) is 5.01 Å². The summed E-state index contributed by atoms with van der Waals surface area (Å²) in [5.41, 5.74) is 17.4. The van der Waals surface area contributed by atoms with Gasteiger partial charge < -0.3 is 10.7 Å². The summed E-state index contributed by atoms with van der Waals surface area (Å²) in [7, 11) is 0. The fraction of sp³-hybridized carbons (Fsp3) is 0.333. The minimum Gasteiger partial charge on any atom is -0.350 e. The Bertz CT molecular complexity index is 847. The second-order valence-electron chi connectivity index (χ2n) is 7.05. The van der Waals surface area contributed by atoms with Crippen LogP contribution in [0.4, 0.5) is 4.79 Å². The van der Waals surface area contributed by atoms with Crippen LogP contribution in [0.2, 0.25) is 0 Å². The summed E-state index contributed by atoms with van der Waals surface area (Å²) in [6.45, 7) is 0. The van der Waals surface area contributed by atoms with Gasteiger partial charge in [-0.25, -0.2) is 25.6 Å². The van der Waals surface area contributed by atoms with Crippen LogP contribution < -0.4 is 22.0 Å². The average molecular weight is 351 g/mol. The Kier molecular flexibility index (Phi) is 3.39. The number of hydrazine groups is 2. The maximum atomic E-state index is 12.0. The van der Waals surface area contributed by atoms with Gasteiger partial charge in [0.15, 0.2) is 0 Å². The fourth-order valence-electron chi connectivity index (χ4n) is 4.58. The van der Waals surface area contributed by atoms with Crippen molar-refractivity contribution >= 4 is 6.03 Å². The first-order valence-electron chi connectivity index (χ1n) is 8.83. The number of aromatic amines is 1. The summed E-state index contributed by atoms with van der Waals surface area (Å²) in [6.07, 6.45) is 9.79. The molecule has 26 heavy (non-hydrogen) atoms. The highest BCUT2D eigenvalue weighted by Crippen LogP contribution is 2.52. The average Bonchev–Trinajstić information content (AvgIpc) is 3.36. The van der Waals surface area contributed by atoms with Crippen LogP contribution >= 0.6 is 0 Å². The Balaban J connectivity index is 1.55. The summed E-state index contributed by atoms with van der Waals surface area (Å²) in [6, 6.07) is 7.95. The molecule has 8 heteroatoms. The first-order valence-corrected chi connectivity index (χ1v) is 8.83. The van der Waals surface area contributed by atoms with Crippen LogP contribution in [0.3, 0.4) is 0 Å². The molecule has 4 unspecified atom stereocenters. The molecule has 2 saturated heterocycles. The van der Waals surface area contributed by atoms with Gasteiger partial charge in [0.1, 0.15) is 12.0 Å². The largest absolute Gasteiger partial charge is 0.350 e. The maximum absolute atomic E-state index is 12.0. The number of allylic oxidation sites excluding steroid dienone is 1. The van der Waals surface area contributed by atoms with Gasteiger partial charge in [-0.1, -0.05) is 36.4 Å². The number of carbonyl (C=O) groups excluding carboxylic acids is 1. The molecule has 0 radical (unpaired) electrons. The first kappa shape index (κ1) is 15.6. The smallest absolute Gasteiger partial charge is 0.330 e. The maximum Gasteiger partial charge on any atom is 0.330 e. The van der Waals surface area contributed by atoms with Gasteiger partial charge >= 0.3 is 6.03 Å². The van der Waals surface area contributed by atoms with E-state index < -0.39 is 6.03 Å². The molecular weight excluding hydrogens is 330 g/mol. The van der Waals surface area contributed by atoms with E-state index in [0.29, 0.717) is 0 Å². The van der Waals surface area contributed by atoms with Crippen LogP contribution in [-0.4, -0.2) is 33.2 Å². The zero-order valence-electron chi connectivity index (χ0n) is 14.1. The van der Waals surface area contributed by atoms with Crippen molar-refractivity contribution in [2.45, 2.75) is 31.1 Å². The number of nitrogens with zero attached hydrogens (tertiary/aromatic N) is 2. The van der Waals surface area contributed by atoms with Crippen molar-refractivity contribution in [3.8, 4) is 11.4 Å². The predicted molar refractivity (Wildman–Crippen MR) is 96.0 cm³/mol. The SMILES string of the molecule is NC(=O)N1NC(c2ccc(-c3ncc[nH]3)cc2)C23C=CCCC2NNC13. The summed E-state index contributed by atoms with van der Waals surface area (Å²) in [5.74, 6) is 0.838. The highest BCUT2D eigenvalue weighted by atomic mass is 16.2. The van der Waals surface area contributed by atoms with Crippen molar-refractivity contribution in [2.75, 3.05) is 0 Å². The fourth-order valence-corrected chi connectivity index (χ4v) is 4.58. The minimum atomic E-state index is -0.488. The van der Waals surface area contributed by atoms with Gasteiger partial charge in [0.05, 0.1) is 11.5 Å². The van der Waals surface area contributed by atoms with E-state index in [-0.39, 0.29) is 23.7 Å². The number of nitrogens with one attached hydrogen (secondary N) is 4. The second kappa shape index (κ2) is 5.66. The summed E-state index contributed by atoms with van der Waals surface area (Å²) < 4.78 is 0. The van der Waals surface area contributed by atoms with Gasteiger partial charge in [0.25, 0.3) is 0 Å². The lowest BCUT2D eigenvalue weighted by Gasteiger charge is -2.37. The lowest BCUT2D eigenvalue weighted by Crippen LogP contribution is -2.53. The van der Waals surface area contributed by atoms with Crippen LogP contribution in [0.1, 0.15) is 24.4 Å². The number of nitrogens with two attached hydrogens (primary N) is 1. The third kappa shape index (κ3) is 2.06. The molecule has 5 rings (SSSR count). The molecule has 1 aromatic heterocycles. The molecule has 2 aliphatic heterocycles. The van der Waals surface area contributed by atoms with E-state index >= 15 is 0 Å². The highest BCUT2D eigenvalue weighted by molar-refractivity contribution is 5.73. The third-order valence-corrected chi connectivity index (χ3v) is 5.78. The van der Waals surface area contributed by atoms with E-state index in [1.54, 1.807) is 6.20 Å². The minimum absolute atomic E-state index is 0.0605. The number of aromatic nitrogens is 2. The van der Waals surface area contributed by atoms with Gasteiger partial charge in [0.2, 0.25) is 0 Å². The molecule has 1 aliphatic carbocycles. The Morgan fingerprint density at radius 1 is 1.27 bits per heavy atom. The number of imidazole rings is 1. The molecule has 2 aromatic rings. The van der Waals surface area contributed by atoms with Crippen molar-refractivity contribution in [2.24, 2.45) is 11.1 Å². The van der Waals surface area contributed by atoms with Crippen molar-refractivity contribution in [1.82, 2.24) is 31.3 Å². The molecule has 0 saturated carbocycles. The Hall–Kier alpha value is -2.68. The molecule has 3 aliphatic rings. The number of hydrogen-bond acceptors (Lipinski definition) is 5. The summed E-state index contributed by atoms with van der Waals surface area (Å²) >= 11 is 0. The first-order chi connectivity index (χ1) is 12.7. The molecule has 6 N–H and O–H groups in total. The molecule has 134 valence electrons. The molecule has 3 heterocycles. The molecule has 8 nitrogen and oxygen atoms in total. The van der Waals surface area contributed by atoms with Gasteiger partial charge in [-0.3, -0.25) is 5.43 Å². The molecule has 4 atom stereocenters. The van der Waals surface area contributed by atoms with Gasteiger partial charge in [-0.15, -0.1) is 0 Å². The number of urea groups is 1. The van der Waals surface area contributed by atoms with Gasteiger partial charge in [-0.2, -0.15) is 0 Å². The molecule has 1 spiro atoms. The van der Waals surface area contributed by atoms with Crippen LogP contribution in [-0.2, 0) is 0 Å². The Morgan fingerprint density at radius 2 is 2.12 bits per heavy atom. The van der Waals surface area contributed by atoms with Gasteiger partial charge in [-0.05, 0) is 18.4 Å². The second-order valence-corrected chi connectivity index (χ2v) is 7.05. The van der Waals surface area contributed by atoms with E-state index in [4.69, 9.17) is 5.73 Å². The van der Waals surface area contributed by atoms with E-state index in [9.17, 15) is 4.79 Å². The molecule has 2 amide bonds. The van der Waals surface area contributed by atoms with Crippen LogP contribution in [0.15, 0.2) is 48.8 Å². The molecular formula is C18H21N7O. The van der Waals surface area contributed by atoms with E-state index in [1.807, 2.05) is 18.3 Å². The monoisotopic (exact) mass is 351 g/mol. The Morgan fingerprint density at radius 3 is 2.85 bits per heavy atom. The number of hydrogen-bond donors (Lipinski definition) is 5. The summed E-state index contributed by atoms with van der Waals surface area (Å²) in [5, 5.41) is 1.51. The van der Waals surface area contributed by atoms with Crippen molar-refractivity contribution in [3.63, 3.8) is 0 Å². The zero-order valence-corrected chi connectivity index (χ0v) is 14.1. The van der Waals surface area contributed by atoms with Crippen LogP contribution in [0.5, 0.6) is 0 Å². The molecule has 2 fully saturated rings. The topological polar surface area (TPSA) is 111 Å². The normalized spacial score (nSPS) is 32.5. The van der Waals surface area contributed by atoms with E-state index in [2.05, 4.69) is 50.5 Å². The predicted octanol–water partition coefficient (Wildman–Crippen LogP) is 1.16. The van der Waals surface area contributed by atoms with Crippen LogP contribution in [0, 0.1) is 5.41 Å². The number of primary amides is 1. The molecule has 0 bridgehead atoms.